The number of nitrogens with zero attached hydrogens (tertiary/aromatic N) is 1. The minimum Gasteiger partial charge on any atom is -0.363 e. The third kappa shape index (κ3) is 1.78. The van der Waals surface area contributed by atoms with Crippen LogP contribution in [-0.4, -0.2) is 11.1 Å². The van der Waals surface area contributed by atoms with E-state index < -0.39 is 0 Å². The molecule has 1 aromatic rings. The van der Waals surface area contributed by atoms with Crippen molar-refractivity contribution in [2.45, 2.75) is 19.0 Å². The summed E-state index contributed by atoms with van der Waals surface area (Å²) in [4.78, 5) is 12.5. The van der Waals surface area contributed by atoms with Gasteiger partial charge in [0.25, 0.3) is 5.56 Å². The highest BCUT2D eigenvalue weighted by Crippen LogP contribution is 2.13. The highest BCUT2D eigenvalue weighted by molar-refractivity contribution is 9.08. The molecular weight excluding hydrogens is 242 g/mol. The van der Waals surface area contributed by atoms with E-state index in [0.717, 1.165) is 10.4 Å². The average molecular weight is 252 g/mol. The van der Waals surface area contributed by atoms with Crippen LogP contribution in [0.25, 0.3) is 0 Å². The summed E-state index contributed by atoms with van der Waals surface area (Å²) >= 11 is 4.72. The van der Waals surface area contributed by atoms with Crippen molar-refractivity contribution in [1.29, 1.82) is 0 Å². The van der Waals surface area contributed by atoms with Gasteiger partial charge in [-0.3, -0.25) is 4.79 Å². The Labute approximate surface area is 83.2 Å². The molecule has 0 bridgehead atoms. The summed E-state index contributed by atoms with van der Waals surface area (Å²) in [6.45, 7) is 2.28. The first-order valence-corrected chi connectivity index (χ1v) is 5.34. The van der Waals surface area contributed by atoms with E-state index in [1.54, 1.807) is 11.1 Å². The van der Waals surface area contributed by atoms with Crippen molar-refractivity contribution < 1.29 is 4.74 Å². The predicted octanol–water partition coefficient (Wildman–Crippen LogP) is 1.72. The zero-order valence-electron chi connectivity index (χ0n) is 6.96. The second-order valence-corrected chi connectivity index (χ2v) is 4.16. The van der Waals surface area contributed by atoms with E-state index in [2.05, 4.69) is 15.9 Å². The molecule has 0 fully saturated rings. The first kappa shape index (κ1) is 9.95. The number of alkyl halides is 1. The van der Waals surface area contributed by atoms with E-state index in [0.29, 0.717) is 12.1 Å². The second kappa shape index (κ2) is 4.20. The highest BCUT2D eigenvalue weighted by atomic mass is 79.9. The lowest BCUT2D eigenvalue weighted by Crippen LogP contribution is -2.16. The van der Waals surface area contributed by atoms with Crippen molar-refractivity contribution in [3.63, 3.8) is 0 Å². The van der Waals surface area contributed by atoms with E-state index in [1.807, 2.05) is 6.92 Å². The molecule has 1 rings (SSSR count). The van der Waals surface area contributed by atoms with E-state index >= 15 is 0 Å². The van der Waals surface area contributed by atoms with Gasteiger partial charge in [-0.2, -0.15) is 0 Å². The molecule has 0 aliphatic heterocycles. The molecule has 0 saturated carbocycles. The van der Waals surface area contributed by atoms with Gasteiger partial charge in [-0.1, -0.05) is 27.5 Å². The Morgan fingerprint density at radius 1 is 1.67 bits per heavy atom. The van der Waals surface area contributed by atoms with Crippen LogP contribution in [-0.2, 0) is 16.8 Å². The quantitative estimate of drug-likeness (QED) is 0.767. The molecule has 0 aliphatic rings. The fourth-order valence-corrected chi connectivity index (χ4v) is 2.71. The molecule has 0 N–H and O–H groups in total. The monoisotopic (exact) mass is 251 g/mol. The normalized spacial score (nSPS) is 10.6. The number of rotatable bonds is 3. The topological polar surface area (TPSA) is 31.2 Å². The van der Waals surface area contributed by atoms with Gasteiger partial charge >= 0.3 is 0 Å². The summed E-state index contributed by atoms with van der Waals surface area (Å²) < 4.78 is 6.48. The molecule has 0 spiro atoms. The van der Waals surface area contributed by atoms with Crippen molar-refractivity contribution in [2.24, 2.45) is 0 Å². The lowest BCUT2D eigenvalue weighted by atomic mass is 10.3. The Bertz CT molecular complexity index is 318. The SMILES string of the molecule is COCn1sc(C)c(CBr)c1=O. The summed E-state index contributed by atoms with van der Waals surface area (Å²) in [6.07, 6.45) is 0. The molecular formula is C7H10BrNO2S. The molecule has 0 amide bonds. The van der Waals surface area contributed by atoms with Gasteiger partial charge in [0.2, 0.25) is 0 Å². The Morgan fingerprint density at radius 3 is 2.75 bits per heavy atom. The minimum absolute atomic E-state index is 0.0521. The summed E-state index contributed by atoms with van der Waals surface area (Å²) in [6, 6.07) is 0. The van der Waals surface area contributed by atoms with Crippen molar-refractivity contribution >= 4 is 27.5 Å². The number of hydrogen-bond donors (Lipinski definition) is 0. The second-order valence-electron chi connectivity index (χ2n) is 2.36. The van der Waals surface area contributed by atoms with Gasteiger partial charge in [0.15, 0.2) is 0 Å². The maximum Gasteiger partial charge on any atom is 0.267 e. The molecule has 12 heavy (non-hydrogen) atoms. The fraction of sp³-hybridized carbons (Fsp3) is 0.571. The minimum atomic E-state index is 0.0521. The van der Waals surface area contributed by atoms with Gasteiger partial charge < -0.3 is 4.74 Å². The molecule has 0 radical (unpaired) electrons. The molecule has 5 heteroatoms. The van der Waals surface area contributed by atoms with Gasteiger partial charge in [0, 0.05) is 22.9 Å². The number of methoxy groups -OCH3 is 1. The van der Waals surface area contributed by atoms with Crippen molar-refractivity contribution in [2.75, 3.05) is 7.11 Å². The summed E-state index contributed by atoms with van der Waals surface area (Å²) in [5.74, 6) is 0. The largest absolute Gasteiger partial charge is 0.363 e. The van der Waals surface area contributed by atoms with Crippen molar-refractivity contribution in [3.05, 3.63) is 20.8 Å². The predicted molar refractivity (Wildman–Crippen MR) is 53.0 cm³/mol. The van der Waals surface area contributed by atoms with Crippen molar-refractivity contribution in [1.82, 2.24) is 3.96 Å². The zero-order chi connectivity index (χ0) is 9.14. The molecule has 0 atom stereocenters. The fourth-order valence-electron chi connectivity index (χ4n) is 0.916. The summed E-state index contributed by atoms with van der Waals surface area (Å²) in [5, 5.41) is 0.616. The molecule has 68 valence electrons. The number of aromatic nitrogens is 1. The van der Waals surface area contributed by atoms with Crippen LogP contribution in [0.2, 0.25) is 0 Å². The van der Waals surface area contributed by atoms with E-state index in [9.17, 15) is 4.79 Å². The molecule has 3 nitrogen and oxygen atoms in total. The summed E-state index contributed by atoms with van der Waals surface area (Å²) in [5.41, 5.74) is 0.883. The molecule has 0 aromatic carbocycles. The van der Waals surface area contributed by atoms with E-state index in [1.165, 1.54) is 11.5 Å². The first-order valence-electron chi connectivity index (χ1n) is 3.45. The van der Waals surface area contributed by atoms with Crippen LogP contribution in [0.1, 0.15) is 10.4 Å². The van der Waals surface area contributed by atoms with Crippen LogP contribution in [0.5, 0.6) is 0 Å². The number of ether oxygens (including phenoxy) is 1. The van der Waals surface area contributed by atoms with Gasteiger partial charge in [-0.05, 0) is 6.92 Å². The lowest BCUT2D eigenvalue weighted by Gasteiger charge is -1.94. The average Bonchev–Trinajstić information content (AvgIpc) is 2.29. The standard InChI is InChI=1S/C7H10BrNO2S/c1-5-6(3-8)7(10)9(12-5)4-11-2/h3-4H2,1-2H3. The first-order chi connectivity index (χ1) is 5.70. The number of aryl methyl sites for hydroxylation is 1. The third-order valence-corrected chi connectivity index (χ3v) is 3.11. The Morgan fingerprint density at radius 2 is 2.33 bits per heavy atom. The lowest BCUT2D eigenvalue weighted by molar-refractivity contribution is 0.137. The molecule has 0 saturated heterocycles. The van der Waals surface area contributed by atoms with Crippen LogP contribution in [0.4, 0.5) is 0 Å². The third-order valence-electron chi connectivity index (χ3n) is 1.54. The van der Waals surface area contributed by atoms with Crippen LogP contribution < -0.4 is 5.56 Å². The van der Waals surface area contributed by atoms with Gasteiger partial charge in [0.1, 0.15) is 6.73 Å². The van der Waals surface area contributed by atoms with Crippen LogP contribution in [0.15, 0.2) is 4.79 Å². The van der Waals surface area contributed by atoms with E-state index in [-0.39, 0.29) is 5.56 Å². The van der Waals surface area contributed by atoms with Gasteiger partial charge in [0.05, 0.1) is 0 Å². The number of halogens is 1. The molecule has 0 aliphatic carbocycles. The summed E-state index contributed by atoms with van der Waals surface area (Å²) in [7, 11) is 1.58. The maximum absolute atomic E-state index is 11.5. The molecule has 0 unspecified atom stereocenters. The Balaban J connectivity index is 3.09. The molecule has 1 heterocycles. The Hall–Kier alpha value is -0.130. The smallest absolute Gasteiger partial charge is 0.267 e. The number of hydrogen-bond acceptors (Lipinski definition) is 3. The van der Waals surface area contributed by atoms with Crippen LogP contribution in [0.3, 0.4) is 0 Å². The van der Waals surface area contributed by atoms with Gasteiger partial charge in [-0.25, -0.2) is 3.96 Å². The zero-order valence-corrected chi connectivity index (χ0v) is 9.37. The van der Waals surface area contributed by atoms with E-state index in [4.69, 9.17) is 4.74 Å². The Kier molecular flexibility index (Phi) is 3.49. The van der Waals surface area contributed by atoms with Crippen LogP contribution in [0, 0.1) is 6.92 Å². The highest BCUT2D eigenvalue weighted by Gasteiger charge is 2.09. The maximum atomic E-state index is 11.5. The van der Waals surface area contributed by atoms with Crippen LogP contribution >= 0.6 is 27.5 Å². The molecule has 1 aromatic heterocycles. The van der Waals surface area contributed by atoms with Crippen molar-refractivity contribution in [3.8, 4) is 0 Å². The van der Waals surface area contributed by atoms with Gasteiger partial charge in [-0.15, -0.1) is 0 Å².